The number of nitro groups is 1. The second kappa shape index (κ2) is 5.72. The number of ether oxygens (including phenoxy) is 1. The van der Waals surface area contributed by atoms with Crippen LogP contribution < -0.4 is 10.5 Å². The molecule has 9 heteroatoms. The normalized spacial score (nSPS) is 10.5. The zero-order valence-corrected chi connectivity index (χ0v) is 12.1. The van der Waals surface area contributed by atoms with Crippen LogP contribution in [0, 0.1) is 10.1 Å². The van der Waals surface area contributed by atoms with Crippen LogP contribution in [0.3, 0.4) is 0 Å². The summed E-state index contributed by atoms with van der Waals surface area (Å²) in [6, 6.07) is 11.0. The summed E-state index contributed by atoms with van der Waals surface area (Å²) in [6.45, 7) is 0. The zero-order valence-electron chi connectivity index (χ0n) is 12.1. The maximum absolute atomic E-state index is 10.7. The van der Waals surface area contributed by atoms with Crippen molar-refractivity contribution in [1.82, 2.24) is 20.0 Å². The minimum Gasteiger partial charge on any atom is -0.480 e. The third-order valence-corrected chi connectivity index (χ3v) is 3.16. The SMILES string of the molecule is COc1ccc(-n2nc(-c3ccc([N+](=O)[O-])cc3)cc2N)nn1. The first kappa shape index (κ1) is 14.4. The van der Waals surface area contributed by atoms with Crippen LogP contribution in [0.4, 0.5) is 11.5 Å². The number of nitrogen functional groups attached to an aromatic ring is 1. The van der Waals surface area contributed by atoms with Gasteiger partial charge < -0.3 is 10.5 Å². The first-order chi connectivity index (χ1) is 11.1. The molecule has 2 heterocycles. The van der Waals surface area contributed by atoms with Gasteiger partial charge in [0.1, 0.15) is 5.82 Å². The van der Waals surface area contributed by atoms with E-state index in [4.69, 9.17) is 10.5 Å². The highest BCUT2D eigenvalue weighted by Gasteiger charge is 2.12. The Morgan fingerprint density at radius 1 is 1.17 bits per heavy atom. The van der Waals surface area contributed by atoms with Crippen LogP contribution in [0.1, 0.15) is 0 Å². The maximum Gasteiger partial charge on any atom is 0.269 e. The molecule has 3 rings (SSSR count). The highest BCUT2D eigenvalue weighted by Crippen LogP contribution is 2.24. The van der Waals surface area contributed by atoms with Crippen molar-refractivity contribution in [2.45, 2.75) is 0 Å². The van der Waals surface area contributed by atoms with Crippen LogP contribution in [-0.2, 0) is 0 Å². The van der Waals surface area contributed by atoms with E-state index in [1.807, 2.05) is 0 Å². The van der Waals surface area contributed by atoms with Gasteiger partial charge in [-0.1, -0.05) is 0 Å². The molecule has 0 spiro atoms. The number of non-ortho nitro benzene ring substituents is 1. The van der Waals surface area contributed by atoms with Crippen LogP contribution >= 0.6 is 0 Å². The van der Waals surface area contributed by atoms with Gasteiger partial charge in [-0.3, -0.25) is 10.1 Å². The molecule has 1 aromatic carbocycles. The minimum atomic E-state index is -0.455. The molecule has 0 unspecified atom stereocenters. The number of hydrogen-bond acceptors (Lipinski definition) is 7. The van der Waals surface area contributed by atoms with Crippen LogP contribution in [0.2, 0.25) is 0 Å². The van der Waals surface area contributed by atoms with Crippen molar-refractivity contribution < 1.29 is 9.66 Å². The number of hydrogen-bond donors (Lipinski definition) is 1. The third kappa shape index (κ3) is 2.79. The van der Waals surface area contributed by atoms with E-state index in [2.05, 4.69) is 15.3 Å². The largest absolute Gasteiger partial charge is 0.480 e. The molecule has 9 nitrogen and oxygen atoms in total. The lowest BCUT2D eigenvalue weighted by Gasteiger charge is -2.02. The number of rotatable bonds is 4. The third-order valence-electron chi connectivity index (χ3n) is 3.16. The number of anilines is 1. The summed E-state index contributed by atoms with van der Waals surface area (Å²) in [5.74, 6) is 1.20. The molecule has 3 aromatic rings. The summed E-state index contributed by atoms with van der Waals surface area (Å²) in [4.78, 5) is 10.2. The van der Waals surface area contributed by atoms with Crippen molar-refractivity contribution in [1.29, 1.82) is 0 Å². The number of benzene rings is 1. The monoisotopic (exact) mass is 312 g/mol. The molecular weight excluding hydrogens is 300 g/mol. The predicted octanol–water partition coefficient (Wildman–Crippen LogP) is 1.83. The van der Waals surface area contributed by atoms with E-state index in [1.165, 1.54) is 23.9 Å². The van der Waals surface area contributed by atoms with Gasteiger partial charge in [-0.2, -0.15) is 9.78 Å². The van der Waals surface area contributed by atoms with Gasteiger partial charge in [0.2, 0.25) is 5.88 Å². The lowest BCUT2D eigenvalue weighted by atomic mass is 10.1. The van der Waals surface area contributed by atoms with Gasteiger partial charge in [-0.25, -0.2) is 0 Å². The summed E-state index contributed by atoms with van der Waals surface area (Å²) < 4.78 is 6.38. The summed E-state index contributed by atoms with van der Waals surface area (Å²) in [7, 11) is 1.50. The molecule has 0 aliphatic heterocycles. The molecule has 0 amide bonds. The second-order valence-electron chi connectivity index (χ2n) is 4.60. The van der Waals surface area contributed by atoms with Crippen molar-refractivity contribution in [3.63, 3.8) is 0 Å². The van der Waals surface area contributed by atoms with Gasteiger partial charge in [0, 0.05) is 29.8 Å². The highest BCUT2D eigenvalue weighted by molar-refractivity contribution is 5.64. The predicted molar refractivity (Wildman–Crippen MR) is 82.2 cm³/mol. The summed E-state index contributed by atoms with van der Waals surface area (Å²) in [5, 5.41) is 22.9. The van der Waals surface area contributed by atoms with Gasteiger partial charge in [0.15, 0.2) is 5.82 Å². The van der Waals surface area contributed by atoms with Gasteiger partial charge in [-0.05, 0) is 18.2 Å². The van der Waals surface area contributed by atoms with Gasteiger partial charge in [-0.15, -0.1) is 10.2 Å². The second-order valence-corrected chi connectivity index (χ2v) is 4.60. The van der Waals surface area contributed by atoms with Crippen molar-refractivity contribution >= 4 is 11.5 Å². The first-order valence-corrected chi connectivity index (χ1v) is 6.57. The number of nitrogens with two attached hydrogens (primary N) is 1. The molecule has 0 saturated carbocycles. The van der Waals surface area contributed by atoms with Crippen LogP contribution in [-0.4, -0.2) is 32.0 Å². The molecule has 0 bridgehead atoms. The Bertz CT molecular complexity index is 842. The number of nitrogens with zero attached hydrogens (tertiary/aromatic N) is 5. The van der Waals surface area contributed by atoms with E-state index in [-0.39, 0.29) is 5.69 Å². The van der Waals surface area contributed by atoms with Crippen LogP contribution in [0.15, 0.2) is 42.5 Å². The number of nitro benzene ring substituents is 1. The molecule has 0 saturated heterocycles. The molecule has 0 aliphatic carbocycles. The van der Waals surface area contributed by atoms with E-state index in [1.54, 1.807) is 30.3 Å². The van der Waals surface area contributed by atoms with E-state index in [0.29, 0.717) is 28.8 Å². The van der Waals surface area contributed by atoms with Gasteiger partial charge in [0.25, 0.3) is 5.69 Å². The van der Waals surface area contributed by atoms with Crippen molar-refractivity contribution in [3.8, 4) is 23.0 Å². The Kier molecular flexibility index (Phi) is 3.59. The molecule has 0 radical (unpaired) electrons. The average molecular weight is 312 g/mol. The highest BCUT2D eigenvalue weighted by atomic mass is 16.6. The topological polar surface area (TPSA) is 122 Å². The molecule has 116 valence electrons. The van der Waals surface area contributed by atoms with Crippen molar-refractivity contribution in [2.24, 2.45) is 0 Å². The van der Waals surface area contributed by atoms with Gasteiger partial charge in [0.05, 0.1) is 17.7 Å². The van der Waals surface area contributed by atoms with Crippen molar-refractivity contribution in [3.05, 3.63) is 52.6 Å². The lowest BCUT2D eigenvalue weighted by molar-refractivity contribution is -0.384. The Morgan fingerprint density at radius 2 is 1.91 bits per heavy atom. The summed E-state index contributed by atoms with van der Waals surface area (Å²) in [6.07, 6.45) is 0. The fourth-order valence-electron chi connectivity index (χ4n) is 2.01. The van der Waals surface area contributed by atoms with E-state index in [0.717, 1.165) is 0 Å². The Morgan fingerprint density at radius 3 is 2.48 bits per heavy atom. The Balaban J connectivity index is 1.95. The quantitative estimate of drug-likeness (QED) is 0.576. The standard InChI is InChI=1S/C14H12N6O3/c1-23-14-7-6-13(16-17-14)19-12(15)8-11(18-19)9-2-4-10(5-3-9)20(21)22/h2-8H,15H2,1H3. The lowest BCUT2D eigenvalue weighted by Crippen LogP contribution is -2.05. The molecule has 2 N–H and O–H groups in total. The van der Waals surface area contributed by atoms with Crippen molar-refractivity contribution in [2.75, 3.05) is 12.8 Å². The number of aromatic nitrogens is 4. The van der Waals surface area contributed by atoms with E-state index < -0.39 is 4.92 Å². The van der Waals surface area contributed by atoms with E-state index in [9.17, 15) is 10.1 Å². The smallest absolute Gasteiger partial charge is 0.269 e. The van der Waals surface area contributed by atoms with Crippen LogP contribution in [0.25, 0.3) is 17.1 Å². The fraction of sp³-hybridized carbons (Fsp3) is 0.0714. The number of methoxy groups -OCH3 is 1. The molecular formula is C14H12N6O3. The Labute approximate surface area is 130 Å². The molecule has 0 aliphatic rings. The maximum atomic E-state index is 10.7. The zero-order chi connectivity index (χ0) is 16.4. The fourth-order valence-corrected chi connectivity index (χ4v) is 2.01. The average Bonchev–Trinajstić information content (AvgIpc) is 2.97. The first-order valence-electron chi connectivity index (χ1n) is 6.57. The Hall–Kier alpha value is -3.49. The molecule has 0 fully saturated rings. The summed E-state index contributed by atoms with van der Waals surface area (Å²) >= 11 is 0. The summed E-state index contributed by atoms with van der Waals surface area (Å²) in [5.41, 5.74) is 7.26. The van der Waals surface area contributed by atoms with E-state index >= 15 is 0 Å². The van der Waals surface area contributed by atoms with Gasteiger partial charge >= 0.3 is 0 Å². The molecule has 0 atom stereocenters. The minimum absolute atomic E-state index is 0.0159. The molecule has 23 heavy (non-hydrogen) atoms. The van der Waals surface area contributed by atoms with Crippen LogP contribution in [0.5, 0.6) is 5.88 Å². The molecule has 2 aromatic heterocycles.